The third-order valence-electron chi connectivity index (χ3n) is 2.08. The van der Waals surface area contributed by atoms with E-state index in [4.69, 9.17) is 18.0 Å². The van der Waals surface area contributed by atoms with E-state index in [1.54, 1.807) is 29.0 Å². The van der Waals surface area contributed by atoms with Gasteiger partial charge in [-0.05, 0) is 6.42 Å². The van der Waals surface area contributed by atoms with E-state index < -0.39 is 0 Å². The number of aryl methyl sites for hydroxylation is 1. The Kier molecular flexibility index (Phi) is 4.42. The van der Waals surface area contributed by atoms with Crippen LogP contribution in [0.1, 0.15) is 23.7 Å². The molecule has 0 saturated carbocycles. The number of amides is 1. The van der Waals surface area contributed by atoms with Crippen LogP contribution in [0.25, 0.3) is 0 Å². The second kappa shape index (κ2) is 5.60. The quantitative estimate of drug-likeness (QED) is 0.764. The Balaban J connectivity index is 2.78. The topological polar surface area (TPSA) is 64.2 Å². The van der Waals surface area contributed by atoms with Crippen molar-refractivity contribution in [2.45, 2.75) is 13.3 Å². The molecule has 0 aromatic carbocycles. The first-order valence-electron chi connectivity index (χ1n) is 5.10. The van der Waals surface area contributed by atoms with Crippen LogP contribution < -0.4 is 5.73 Å². The van der Waals surface area contributed by atoms with Crippen LogP contribution in [-0.2, 0) is 7.05 Å². The zero-order valence-corrected chi connectivity index (χ0v) is 10.3. The molecule has 0 aliphatic carbocycles. The Bertz CT molecular complexity index is 388. The minimum Gasteiger partial charge on any atom is -0.392 e. The normalized spacial score (nSPS) is 10.1. The molecular formula is C10H16N4OS. The number of thiocarbonyl (C=S) groups is 1. The van der Waals surface area contributed by atoms with E-state index in [1.165, 1.54) is 0 Å². The number of carbonyl (C=O) groups is 1. The van der Waals surface area contributed by atoms with Crippen molar-refractivity contribution in [1.29, 1.82) is 0 Å². The average Bonchev–Trinajstić information content (AvgIpc) is 2.62. The highest BCUT2D eigenvalue weighted by molar-refractivity contribution is 7.80. The van der Waals surface area contributed by atoms with Gasteiger partial charge in [-0.25, -0.2) is 0 Å². The van der Waals surface area contributed by atoms with Crippen molar-refractivity contribution < 1.29 is 4.79 Å². The van der Waals surface area contributed by atoms with Crippen LogP contribution in [0.4, 0.5) is 0 Å². The van der Waals surface area contributed by atoms with E-state index in [1.807, 2.05) is 6.92 Å². The fraction of sp³-hybridized carbons (Fsp3) is 0.500. The van der Waals surface area contributed by atoms with Gasteiger partial charge in [0.2, 0.25) is 0 Å². The van der Waals surface area contributed by atoms with Gasteiger partial charge in [0, 0.05) is 19.8 Å². The SMILES string of the molecule is CCCN(CC(N)=S)C(=O)c1cnn(C)c1. The molecule has 1 aromatic rings. The van der Waals surface area contributed by atoms with Gasteiger partial charge in [-0.3, -0.25) is 9.48 Å². The van der Waals surface area contributed by atoms with Gasteiger partial charge in [0.15, 0.2) is 0 Å². The molecular weight excluding hydrogens is 224 g/mol. The minimum absolute atomic E-state index is 0.0808. The van der Waals surface area contributed by atoms with Crippen LogP contribution in [0.5, 0.6) is 0 Å². The molecule has 0 bridgehead atoms. The number of nitrogens with zero attached hydrogens (tertiary/aromatic N) is 3. The average molecular weight is 240 g/mol. The number of hydrogen-bond acceptors (Lipinski definition) is 3. The Labute approximate surface area is 100 Å². The first-order chi connectivity index (χ1) is 7.54. The van der Waals surface area contributed by atoms with Crippen LogP contribution in [0.2, 0.25) is 0 Å². The summed E-state index contributed by atoms with van der Waals surface area (Å²) in [5.74, 6) is -0.0808. The van der Waals surface area contributed by atoms with Crippen molar-refractivity contribution in [3.8, 4) is 0 Å². The summed E-state index contributed by atoms with van der Waals surface area (Å²) in [4.78, 5) is 14.0. The van der Waals surface area contributed by atoms with Crippen molar-refractivity contribution in [2.24, 2.45) is 12.8 Å². The second-order valence-corrected chi connectivity index (χ2v) is 4.12. The molecule has 0 atom stereocenters. The summed E-state index contributed by atoms with van der Waals surface area (Å²) in [5, 5.41) is 3.96. The molecule has 6 heteroatoms. The molecule has 1 aromatic heterocycles. The highest BCUT2D eigenvalue weighted by Crippen LogP contribution is 2.04. The maximum Gasteiger partial charge on any atom is 0.257 e. The van der Waals surface area contributed by atoms with E-state index in [0.29, 0.717) is 23.6 Å². The molecule has 0 radical (unpaired) electrons. The van der Waals surface area contributed by atoms with Gasteiger partial charge in [-0.15, -0.1) is 0 Å². The molecule has 88 valence electrons. The predicted molar refractivity (Wildman–Crippen MR) is 66.2 cm³/mol. The molecule has 0 aliphatic rings. The Morgan fingerprint density at radius 1 is 1.69 bits per heavy atom. The van der Waals surface area contributed by atoms with Gasteiger partial charge in [0.1, 0.15) is 0 Å². The Hall–Kier alpha value is -1.43. The van der Waals surface area contributed by atoms with Crippen LogP contribution in [0, 0.1) is 0 Å². The summed E-state index contributed by atoms with van der Waals surface area (Å²) in [6.45, 7) is 2.96. The van der Waals surface area contributed by atoms with E-state index in [0.717, 1.165) is 6.42 Å². The van der Waals surface area contributed by atoms with Crippen LogP contribution in [0.15, 0.2) is 12.4 Å². The van der Waals surface area contributed by atoms with Gasteiger partial charge in [0.05, 0.1) is 23.3 Å². The fourth-order valence-corrected chi connectivity index (χ4v) is 1.58. The monoisotopic (exact) mass is 240 g/mol. The molecule has 5 nitrogen and oxygen atoms in total. The molecule has 0 saturated heterocycles. The Morgan fingerprint density at radius 2 is 2.38 bits per heavy atom. The molecule has 16 heavy (non-hydrogen) atoms. The van der Waals surface area contributed by atoms with Gasteiger partial charge >= 0.3 is 0 Å². The molecule has 1 amide bonds. The first kappa shape index (κ1) is 12.6. The lowest BCUT2D eigenvalue weighted by atomic mass is 10.3. The summed E-state index contributed by atoms with van der Waals surface area (Å²) in [6.07, 6.45) is 4.10. The Morgan fingerprint density at radius 3 is 2.81 bits per heavy atom. The summed E-state index contributed by atoms with van der Waals surface area (Å²) in [7, 11) is 1.77. The zero-order chi connectivity index (χ0) is 12.1. The number of hydrogen-bond donors (Lipinski definition) is 1. The maximum atomic E-state index is 12.0. The van der Waals surface area contributed by atoms with Gasteiger partial charge in [-0.2, -0.15) is 5.10 Å². The predicted octanol–water partition coefficient (Wildman–Crippen LogP) is 0.558. The van der Waals surface area contributed by atoms with E-state index in [-0.39, 0.29) is 5.91 Å². The van der Waals surface area contributed by atoms with Crippen LogP contribution in [0.3, 0.4) is 0 Å². The molecule has 1 heterocycles. The minimum atomic E-state index is -0.0808. The van der Waals surface area contributed by atoms with Crippen molar-refractivity contribution in [1.82, 2.24) is 14.7 Å². The molecule has 2 N–H and O–H groups in total. The molecule has 1 rings (SSSR count). The molecule has 0 spiro atoms. The van der Waals surface area contributed by atoms with Crippen molar-refractivity contribution in [3.05, 3.63) is 18.0 Å². The molecule has 0 fully saturated rings. The number of nitrogens with two attached hydrogens (primary N) is 1. The maximum absolute atomic E-state index is 12.0. The van der Waals surface area contributed by atoms with E-state index >= 15 is 0 Å². The van der Waals surface area contributed by atoms with Gasteiger partial charge < -0.3 is 10.6 Å². The fourth-order valence-electron chi connectivity index (χ4n) is 1.42. The lowest BCUT2D eigenvalue weighted by Gasteiger charge is -2.20. The standard InChI is InChI=1S/C10H16N4OS/c1-3-4-14(7-9(11)16)10(15)8-5-12-13(2)6-8/h5-6H,3-4,7H2,1-2H3,(H2,11,16). The third kappa shape index (κ3) is 3.30. The first-order valence-corrected chi connectivity index (χ1v) is 5.51. The zero-order valence-electron chi connectivity index (χ0n) is 9.51. The highest BCUT2D eigenvalue weighted by Gasteiger charge is 2.16. The summed E-state index contributed by atoms with van der Waals surface area (Å²) in [5.41, 5.74) is 6.02. The van der Waals surface area contributed by atoms with Crippen molar-refractivity contribution in [2.75, 3.05) is 13.1 Å². The molecule has 0 aliphatic heterocycles. The lowest BCUT2D eigenvalue weighted by Crippen LogP contribution is -2.38. The summed E-state index contributed by atoms with van der Waals surface area (Å²) in [6, 6.07) is 0. The van der Waals surface area contributed by atoms with E-state index in [9.17, 15) is 4.79 Å². The largest absolute Gasteiger partial charge is 0.392 e. The van der Waals surface area contributed by atoms with Crippen molar-refractivity contribution in [3.63, 3.8) is 0 Å². The summed E-state index contributed by atoms with van der Waals surface area (Å²) >= 11 is 4.82. The molecule has 0 unspecified atom stereocenters. The third-order valence-corrected chi connectivity index (χ3v) is 2.21. The van der Waals surface area contributed by atoms with Crippen LogP contribution >= 0.6 is 12.2 Å². The second-order valence-electron chi connectivity index (χ2n) is 3.60. The number of aromatic nitrogens is 2. The number of rotatable bonds is 5. The van der Waals surface area contributed by atoms with E-state index in [2.05, 4.69) is 5.10 Å². The lowest BCUT2D eigenvalue weighted by molar-refractivity contribution is 0.0780. The smallest absolute Gasteiger partial charge is 0.257 e. The highest BCUT2D eigenvalue weighted by atomic mass is 32.1. The number of carbonyl (C=O) groups excluding carboxylic acids is 1. The van der Waals surface area contributed by atoms with Crippen LogP contribution in [-0.4, -0.2) is 38.7 Å². The van der Waals surface area contributed by atoms with Gasteiger partial charge in [-0.1, -0.05) is 19.1 Å². The van der Waals surface area contributed by atoms with Crippen molar-refractivity contribution >= 4 is 23.1 Å². The summed E-state index contributed by atoms with van der Waals surface area (Å²) < 4.78 is 1.60. The van der Waals surface area contributed by atoms with Gasteiger partial charge in [0.25, 0.3) is 5.91 Å².